The van der Waals surface area contributed by atoms with Crippen molar-refractivity contribution in [2.75, 3.05) is 18.0 Å². The molecule has 0 N–H and O–H groups in total. The summed E-state index contributed by atoms with van der Waals surface area (Å²) in [6, 6.07) is 6.66. The molecule has 0 spiro atoms. The number of hydrogen-bond donors (Lipinski definition) is 0. The number of anilines is 1. The largest absolute Gasteiger partial charge is 0.371 e. The lowest BCUT2D eigenvalue weighted by Crippen LogP contribution is -2.25. The Bertz CT molecular complexity index is 503. The molecule has 5 heteroatoms. The molecular formula is C13H15N3O2. The Hall–Kier alpha value is -2.09. The van der Waals surface area contributed by atoms with Crippen LogP contribution in [-0.4, -0.2) is 18.0 Å². The lowest BCUT2D eigenvalue weighted by atomic mass is 10.1. The molecule has 0 heterocycles. The van der Waals surface area contributed by atoms with Crippen LogP contribution in [0.3, 0.4) is 0 Å². The summed E-state index contributed by atoms with van der Waals surface area (Å²) in [6.07, 6.45) is 2.52. The van der Waals surface area contributed by atoms with Crippen LogP contribution in [-0.2, 0) is 0 Å². The fourth-order valence-electron chi connectivity index (χ4n) is 2.00. The highest BCUT2D eigenvalue weighted by Crippen LogP contribution is 2.32. The van der Waals surface area contributed by atoms with E-state index in [2.05, 4.69) is 11.8 Å². The van der Waals surface area contributed by atoms with E-state index in [0.29, 0.717) is 0 Å². The molecule has 1 saturated carbocycles. The number of nitro groups is 1. The molecule has 1 aromatic rings. The molecule has 0 saturated heterocycles. The second-order valence-corrected chi connectivity index (χ2v) is 4.55. The standard InChI is InChI=1S/C13H15N3O2/c1-2-15(9-10-3-4-10)12-5-6-13(16(17)18)11(7-12)8-14/h5-7,10H,2-4,9H2,1H3. The van der Waals surface area contributed by atoms with Crippen molar-refractivity contribution in [3.8, 4) is 6.07 Å². The highest BCUT2D eigenvalue weighted by atomic mass is 16.6. The summed E-state index contributed by atoms with van der Waals surface area (Å²) in [5, 5.41) is 19.7. The zero-order chi connectivity index (χ0) is 13.1. The minimum Gasteiger partial charge on any atom is -0.371 e. The molecule has 0 radical (unpaired) electrons. The molecule has 0 atom stereocenters. The van der Waals surface area contributed by atoms with E-state index in [1.165, 1.54) is 18.9 Å². The van der Waals surface area contributed by atoms with Gasteiger partial charge in [0.05, 0.1) is 4.92 Å². The van der Waals surface area contributed by atoms with Gasteiger partial charge in [0.25, 0.3) is 5.69 Å². The molecule has 18 heavy (non-hydrogen) atoms. The van der Waals surface area contributed by atoms with Gasteiger partial charge in [-0.2, -0.15) is 5.26 Å². The number of benzene rings is 1. The Balaban J connectivity index is 2.27. The number of nitro benzene ring substituents is 1. The summed E-state index contributed by atoms with van der Waals surface area (Å²) in [5.41, 5.74) is 0.905. The van der Waals surface area contributed by atoms with E-state index < -0.39 is 4.92 Å². The van der Waals surface area contributed by atoms with Crippen molar-refractivity contribution >= 4 is 11.4 Å². The van der Waals surface area contributed by atoms with Gasteiger partial charge < -0.3 is 4.90 Å². The number of rotatable bonds is 5. The summed E-state index contributed by atoms with van der Waals surface area (Å²) in [6.45, 7) is 3.87. The average Bonchev–Trinajstić information content (AvgIpc) is 3.19. The molecule has 1 fully saturated rings. The predicted octanol–water partition coefficient (Wildman–Crippen LogP) is 2.70. The Morgan fingerprint density at radius 2 is 2.28 bits per heavy atom. The van der Waals surface area contributed by atoms with E-state index in [-0.39, 0.29) is 11.3 Å². The van der Waals surface area contributed by atoms with E-state index in [4.69, 9.17) is 5.26 Å². The zero-order valence-electron chi connectivity index (χ0n) is 10.3. The first-order valence-corrected chi connectivity index (χ1v) is 6.09. The average molecular weight is 245 g/mol. The fourth-order valence-corrected chi connectivity index (χ4v) is 2.00. The number of hydrogen-bond acceptors (Lipinski definition) is 4. The fraction of sp³-hybridized carbons (Fsp3) is 0.462. The van der Waals surface area contributed by atoms with Crippen molar-refractivity contribution in [3.05, 3.63) is 33.9 Å². The Morgan fingerprint density at radius 3 is 2.78 bits per heavy atom. The van der Waals surface area contributed by atoms with Crippen molar-refractivity contribution in [2.24, 2.45) is 5.92 Å². The summed E-state index contributed by atoms with van der Waals surface area (Å²) in [5.74, 6) is 0.741. The summed E-state index contributed by atoms with van der Waals surface area (Å²) in [4.78, 5) is 12.4. The highest BCUT2D eigenvalue weighted by molar-refractivity contribution is 5.59. The smallest absolute Gasteiger partial charge is 0.287 e. The van der Waals surface area contributed by atoms with Crippen molar-refractivity contribution in [1.29, 1.82) is 5.26 Å². The van der Waals surface area contributed by atoms with E-state index >= 15 is 0 Å². The van der Waals surface area contributed by atoms with E-state index in [1.807, 2.05) is 6.07 Å². The predicted molar refractivity (Wildman–Crippen MR) is 68.4 cm³/mol. The van der Waals surface area contributed by atoms with Gasteiger partial charge in [-0.25, -0.2) is 0 Å². The maximum absolute atomic E-state index is 10.8. The van der Waals surface area contributed by atoms with Crippen molar-refractivity contribution in [1.82, 2.24) is 0 Å². The third-order valence-electron chi connectivity index (χ3n) is 3.22. The first-order chi connectivity index (χ1) is 8.65. The first kappa shape index (κ1) is 12.4. The van der Waals surface area contributed by atoms with Crippen LogP contribution in [0.1, 0.15) is 25.3 Å². The van der Waals surface area contributed by atoms with Crippen LogP contribution >= 0.6 is 0 Å². The van der Waals surface area contributed by atoms with Gasteiger partial charge in [-0.3, -0.25) is 10.1 Å². The molecule has 0 amide bonds. The van der Waals surface area contributed by atoms with Crippen LogP contribution < -0.4 is 4.90 Å². The van der Waals surface area contributed by atoms with Crippen LogP contribution in [0, 0.1) is 27.4 Å². The number of nitrogens with zero attached hydrogens (tertiary/aromatic N) is 3. The van der Waals surface area contributed by atoms with Crippen molar-refractivity contribution in [2.45, 2.75) is 19.8 Å². The molecule has 0 aliphatic heterocycles. The Labute approximate surface area is 106 Å². The van der Waals surface area contributed by atoms with E-state index in [0.717, 1.165) is 24.7 Å². The number of nitriles is 1. The summed E-state index contributed by atoms with van der Waals surface area (Å²) >= 11 is 0. The van der Waals surface area contributed by atoms with Gasteiger partial charge in [0.15, 0.2) is 0 Å². The molecule has 1 aliphatic carbocycles. The van der Waals surface area contributed by atoms with Crippen LogP contribution in [0.25, 0.3) is 0 Å². The highest BCUT2D eigenvalue weighted by Gasteiger charge is 2.24. The molecule has 1 aromatic carbocycles. The van der Waals surface area contributed by atoms with Gasteiger partial charge in [0, 0.05) is 24.8 Å². The minimum absolute atomic E-state index is 0.122. The molecule has 1 aliphatic rings. The normalized spacial score (nSPS) is 14.0. The van der Waals surface area contributed by atoms with E-state index in [1.54, 1.807) is 12.1 Å². The van der Waals surface area contributed by atoms with Gasteiger partial charge in [-0.05, 0) is 37.8 Å². The minimum atomic E-state index is -0.514. The van der Waals surface area contributed by atoms with Gasteiger partial charge >= 0.3 is 0 Å². The molecule has 0 aromatic heterocycles. The monoisotopic (exact) mass is 245 g/mol. The maximum Gasteiger partial charge on any atom is 0.287 e. The first-order valence-electron chi connectivity index (χ1n) is 6.09. The van der Waals surface area contributed by atoms with Crippen LogP contribution in [0.15, 0.2) is 18.2 Å². The SMILES string of the molecule is CCN(CC1CC1)c1ccc([N+](=O)[O-])c(C#N)c1. The third-order valence-corrected chi connectivity index (χ3v) is 3.22. The lowest BCUT2D eigenvalue weighted by Gasteiger charge is -2.23. The van der Waals surface area contributed by atoms with Crippen LogP contribution in [0.5, 0.6) is 0 Å². The summed E-state index contributed by atoms with van der Waals surface area (Å²) in [7, 11) is 0. The lowest BCUT2D eigenvalue weighted by molar-refractivity contribution is -0.385. The van der Waals surface area contributed by atoms with Gasteiger partial charge in [0.1, 0.15) is 11.6 Å². The Kier molecular flexibility index (Phi) is 3.47. The third kappa shape index (κ3) is 2.59. The van der Waals surface area contributed by atoms with Gasteiger partial charge in [-0.15, -0.1) is 0 Å². The topological polar surface area (TPSA) is 70.2 Å². The maximum atomic E-state index is 10.8. The molecule has 5 nitrogen and oxygen atoms in total. The summed E-state index contributed by atoms with van der Waals surface area (Å²) < 4.78 is 0. The van der Waals surface area contributed by atoms with Crippen LogP contribution in [0.4, 0.5) is 11.4 Å². The Morgan fingerprint density at radius 1 is 1.56 bits per heavy atom. The molecule has 0 unspecified atom stereocenters. The second kappa shape index (κ2) is 5.05. The zero-order valence-corrected chi connectivity index (χ0v) is 10.3. The van der Waals surface area contributed by atoms with E-state index in [9.17, 15) is 10.1 Å². The quantitative estimate of drug-likeness (QED) is 0.590. The molecule has 2 rings (SSSR count). The van der Waals surface area contributed by atoms with Crippen LogP contribution in [0.2, 0.25) is 0 Å². The molecule has 0 bridgehead atoms. The van der Waals surface area contributed by atoms with Gasteiger partial charge in [0.2, 0.25) is 0 Å². The molecular weight excluding hydrogens is 230 g/mol. The molecule has 94 valence electrons. The van der Waals surface area contributed by atoms with Crippen molar-refractivity contribution < 1.29 is 4.92 Å². The van der Waals surface area contributed by atoms with Gasteiger partial charge in [-0.1, -0.05) is 0 Å². The van der Waals surface area contributed by atoms with Crippen molar-refractivity contribution in [3.63, 3.8) is 0 Å². The second-order valence-electron chi connectivity index (χ2n) is 4.55.